The first-order valence-corrected chi connectivity index (χ1v) is 7.07. The number of hydrogen-bond acceptors (Lipinski definition) is 5. The molecule has 8 heteroatoms. The van der Waals surface area contributed by atoms with E-state index in [1.54, 1.807) is 24.3 Å². The Kier molecular flexibility index (Phi) is 5.18. The summed E-state index contributed by atoms with van der Waals surface area (Å²) < 4.78 is 31.8. The molecule has 3 unspecified atom stereocenters. The van der Waals surface area contributed by atoms with Gasteiger partial charge in [0.1, 0.15) is 18.4 Å². The summed E-state index contributed by atoms with van der Waals surface area (Å²) >= 11 is 11.4. The summed E-state index contributed by atoms with van der Waals surface area (Å²) in [5.74, 6) is 0.414. The molecule has 0 N–H and O–H groups in total. The molecule has 1 aromatic carbocycles. The molecule has 98 valence electrons. The number of rotatable bonds is 4. The molecular weight excluding hydrogens is 302 g/mol. The quantitative estimate of drug-likeness (QED) is 0.630. The van der Waals surface area contributed by atoms with Crippen LogP contribution in [0.25, 0.3) is 0 Å². The molecule has 1 saturated heterocycles. The standard InChI is InChI=1S/C10H10Cl2O5P/c11-6-14-9-5-15-18(13)17-10(9)16-8-4-2-1-3-7(8)12/h1-4,9-10H,5-6H2/q+1. The molecule has 0 amide bonds. The highest BCUT2D eigenvalue weighted by Gasteiger charge is 2.43. The molecule has 0 aromatic heterocycles. The van der Waals surface area contributed by atoms with Crippen LogP contribution < -0.4 is 4.74 Å². The largest absolute Gasteiger partial charge is 0.701 e. The Morgan fingerprint density at radius 2 is 2.22 bits per heavy atom. The van der Waals surface area contributed by atoms with Crippen molar-refractivity contribution in [1.29, 1.82) is 0 Å². The third-order valence-electron chi connectivity index (χ3n) is 2.19. The Bertz CT molecular complexity index is 430. The first-order chi connectivity index (χ1) is 8.70. The lowest BCUT2D eigenvalue weighted by molar-refractivity contribution is -0.142. The van der Waals surface area contributed by atoms with Gasteiger partial charge in [-0.25, -0.2) is 0 Å². The molecule has 1 fully saturated rings. The van der Waals surface area contributed by atoms with Crippen molar-refractivity contribution in [3.05, 3.63) is 29.3 Å². The van der Waals surface area contributed by atoms with Crippen LogP contribution in [0.3, 0.4) is 0 Å². The van der Waals surface area contributed by atoms with E-state index in [9.17, 15) is 4.57 Å². The van der Waals surface area contributed by atoms with E-state index in [2.05, 4.69) is 0 Å². The molecule has 18 heavy (non-hydrogen) atoms. The van der Waals surface area contributed by atoms with Crippen molar-refractivity contribution in [3.63, 3.8) is 0 Å². The van der Waals surface area contributed by atoms with Gasteiger partial charge in [-0.3, -0.25) is 0 Å². The molecule has 1 heterocycles. The second-order valence-corrected chi connectivity index (χ2v) is 4.90. The van der Waals surface area contributed by atoms with Gasteiger partial charge >= 0.3 is 8.25 Å². The smallest absolute Gasteiger partial charge is 0.456 e. The summed E-state index contributed by atoms with van der Waals surface area (Å²) in [6.07, 6.45) is -1.44. The number of para-hydroxylation sites is 1. The molecule has 1 aliphatic rings. The molecule has 1 aliphatic heterocycles. The second kappa shape index (κ2) is 6.66. The number of benzene rings is 1. The van der Waals surface area contributed by atoms with Gasteiger partial charge in [-0.1, -0.05) is 39.9 Å². The Labute approximate surface area is 115 Å². The first kappa shape index (κ1) is 14.0. The van der Waals surface area contributed by atoms with Gasteiger partial charge in [-0.05, 0) is 12.1 Å². The molecular formula is C10H10Cl2O5P+. The summed E-state index contributed by atoms with van der Waals surface area (Å²) in [6.45, 7) is 0.0804. The zero-order chi connectivity index (χ0) is 13.0. The average molecular weight is 312 g/mol. The van der Waals surface area contributed by atoms with E-state index >= 15 is 0 Å². The molecule has 5 nitrogen and oxygen atoms in total. The monoisotopic (exact) mass is 311 g/mol. The van der Waals surface area contributed by atoms with Crippen molar-refractivity contribution < 1.29 is 23.1 Å². The summed E-state index contributed by atoms with van der Waals surface area (Å²) in [5, 5.41) is 0.424. The fraction of sp³-hybridized carbons (Fsp3) is 0.400. The minimum absolute atomic E-state index is 0.0451. The number of alkyl halides is 1. The summed E-state index contributed by atoms with van der Waals surface area (Å²) in [4.78, 5) is 0. The van der Waals surface area contributed by atoms with E-state index in [4.69, 9.17) is 41.7 Å². The van der Waals surface area contributed by atoms with Gasteiger partial charge in [0.05, 0.1) is 5.02 Å². The topological polar surface area (TPSA) is 54.0 Å². The minimum Gasteiger partial charge on any atom is -0.456 e. The van der Waals surface area contributed by atoms with Crippen molar-refractivity contribution in [2.45, 2.75) is 12.4 Å². The fourth-order valence-corrected chi connectivity index (χ4v) is 2.39. The number of halogens is 2. The zero-order valence-electron chi connectivity index (χ0n) is 9.12. The third-order valence-corrected chi connectivity index (χ3v) is 3.37. The first-order valence-electron chi connectivity index (χ1n) is 5.06. The lowest BCUT2D eigenvalue weighted by atomic mass is 10.3. The van der Waals surface area contributed by atoms with Crippen LogP contribution in [-0.2, 0) is 18.3 Å². The van der Waals surface area contributed by atoms with E-state index in [1.807, 2.05) is 0 Å². The van der Waals surface area contributed by atoms with Gasteiger partial charge in [0.25, 0.3) is 6.29 Å². The SMILES string of the molecule is O=[P+]1OCC(OCCl)C(Oc2ccccc2Cl)O1. The molecule has 2 rings (SSSR count). The van der Waals surface area contributed by atoms with Gasteiger partial charge < -0.3 is 9.47 Å². The fourth-order valence-electron chi connectivity index (χ4n) is 1.37. The Morgan fingerprint density at radius 3 is 2.94 bits per heavy atom. The third kappa shape index (κ3) is 3.54. The summed E-state index contributed by atoms with van der Waals surface area (Å²) in [7, 11) is -2.22. The molecule has 0 radical (unpaired) electrons. The van der Waals surface area contributed by atoms with Crippen molar-refractivity contribution >= 4 is 31.5 Å². The van der Waals surface area contributed by atoms with E-state index in [-0.39, 0.29) is 12.7 Å². The highest BCUT2D eigenvalue weighted by molar-refractivity contribution is 7.33. The summed E-state index contributed by atoms with van der Waals surface area (Å²) in [5.41, 5.74) is 0. The van der Waals surface area contributed by atoms with Crippen LogP contribution in [0.4, 0.5) is 0 Å². The summed E-state index contributed by atoms with van der Waals surface area (Å²) in [6, 6.07) is 6.83. The Hall–Kier alpha value is -0.420. The Balaban J connectivity index is 2.09. The predicted octanol–water partition coefficient (Wildman–Crippen LogP) is 3.33. The predicted molar refractivity (Wildman–Crippen MR) is 66.1 cm³/mol. The van der Waals surface area contributed by atoms with Crippen LogP contribution in [-0.4, -0.2) is 25.1 Å². The second-order valence-electron chi connectivity index (χ2n) is 3.36. The van der Waals surface area contributed by atoms with Gasteiger partial charge in [-0.15, -0.1) is 4.52 Å². The van der Waals surface area contributed by atoms with Gasteiger partial charge in [0.15, 0.2) is 6.10 Å². The van der Waals surface area contributed by atoms with Crippen LogP contribution in [0.5, 0.6) is 5.75 Å². The maximum Gasteiger partial charge on any atom is 0.701 e. The molecule has 0 bridgehead atoms. The van der Waals surface area contributed by atoms with Crippen LogP contribution in [0, 0.1) is 0 Å². The number of ether oxygens (including phenoxy) is 2. The van der Waals surface area contributed by atoms with Crippen molar-refractivity contribution in [1.82, 2.24) is 0 Å². The molecule has 0 saturated carbocycles. The van der Waals surface area contributed by atoms with Gasteiger partial charge in [-0.2, -0.15) is 0 Å². The average Bonchev–Trinajstić information content (AvgIpc) is 2.36. The van der Waals surface area contributed by atoms with E-state index in [1.165, 1.54) is 0 Å². The Morgan fingerprint density at radius 1 is 1.44 bits per heavy atom. The van der Waals surface area contributed by atoms with Crippen LogP contribution in [0.15, 0.2) is 24.3 Å². The number of hydrogen-bond donors (Lipinski definition) is 0. The highest BCUT2D eigenvalue weighted by atomic mass is 35.5. The maximum atomic E-state index is 11.2. The molecule has 0 aliphatic carbocycles. The van der Waals surface area contributed by atoms with E-state index in [0.717, 1.165) is 0 Å². The molecule has 3 atom stereocenters. The van der Waals surface area contributed by atoms with Crippen molar-refractivity contribution in [2.24, 2.45) is 0 Å². The highest BCUT2D eigenvalue weighted by Crippen LogP contribution is 2.36. The minimum atomic E-state index is -2.22. The van der Waals surface area contributed by atoms with Crippen LogP contribution in [0.1, 0.15) is 0 Å². The normalized spacial score (nSPS) is 26.0. The van der Waals surface area contributed by atoms with Crippen LogP contribution >= 0.6 is 31.5 Å². The maximum absolute atomic E-state index is 11.2. The van der Waals surface area contributed by atoms with Gasteiger partial charge in [0.2, 0.25) is 0 Å². The lowest BCUT2D eigenvalue weighted by Crippen LogP contribution is -2.40. The van der Waals surface area contributed by atoms with E-state index < -0.39 is 20.6 Å². The van der Waals surface area contributed by atoms with Crippen molar-refractivity contribution in [2.75, 3.05) is 12.7 Å². The molecule has 0 spiro atoms. The van der Waals surface area contributed by atoms with Crippen LogP contribution in [0.2, 0.25) is 5.02 Å². The molecule has 1 aromatic rings. The van der Waals surface area contributed by atoms with E-state index in [0.29, 0.717) is 10.8 Å². The zero-order valence-corrected chi connectivity index (χ0v) is 11.5. The van der Waals surface area contributed by atoms with Crippen molar-refractivity contribution in [3.8, 4) is 5.75 Å². The lowest BCUT2D eigenvalue weighted by Gasteiger charge is -2.24. The van der Waals surface area contributed by atoms with Gasteiger partial charge in [0, 0.05) is 4.57 Å².